The monoisotopic (exact) mass is 419 g/mol. The molecule has 2 nitrogen and oxygen atoms in total. The van der Waals surface area contributed by atoms with Crippen LogP contribution in [0.2, 0.25) is 0 Å². The number of aryl methyl sites for hydroxylation is 1. The number of unbranched alkanes of at least 4 members (excludes halogenated alkanes) is 4. The minimum absolute atomic E-state index is 0.178. The first-order valence-corrected chi connectivity index (χ1v) is 12.3. The molecule has 0 heterocycles. The molecule has 0 aromatic heterocycles. The summed E-state index contributed by atoms with van der Waals surface area (Å²) in [5, 5.41) is 3.20. The van der Waals surface area contributed by atoms with Gasteiger partial charge in [-0.15, -0.1) is 0 Å². The minimum Gasteiger partial charge on any atom is -0.349 e. The number of fused-ring (bicyclic) bond motifs is 1. The largest absolute Gasteiger partial charge is 0.349 e. The molecule has 2 rings (SSSR count). The predicted molar refractivity (Wildman–Crippen MR) is 134 cm³/mol. The van der Waals surface area contributed by atoms with Gasteiger partial charge in [-0.05, 0) is 68.9 Å². The van der Waals surface area contributed by atoms with E-state index in [0.29, 0.717) is 6.42 Å². The molecule has 0 bridgehead atoms. The van der Waals surface area contributed by atoms with Crippen LogP contribution in [-0.4, -0.2) is 5.91 Å². The van der Waals surface area contributed by atoms with E-state index in [1.165, 1.54) is 36.8 Å². The highest BCUT2D eigenvalue weighted by Gasteiger charge is 2.22. The Morgan fingerprint density at radius 1 is 0.871 bits per heavy atom. The van der Waals surface area contributed by atoms with E-state index in [2.05, 4.69) is 85.1 Å². The first-order chi connectivity index (χ1) is 15.3. The summed E-state index contributed by atoms with van der Waals surface area (Å²) in [5.41, 5.74) is 2.69. The van der Waals surface area contributed by atoms with Gasteiger partial charge in [0.1, 0.15) is 0 Å². The number of nitrogens with one attached hydrogen (secondary N) is 1. The molecule has 0 radical (unpaired) electrons. The second kappa shape index (κ2) is 16.4. The number of amides is 1. The van der Waals surface area contributed by atoms with E-state index in [1.54, 1.807) is 0 Å². The highest BCUT2D eigenvalue weighted by atomic mass is 16.1. The van der Waals surface area contributed by atoms with Gasteiger partial charge in [-0.1, -0.05) is 92.6 Å². The summed E-state index contributed by atoms with van der Waals surface area (Å²) in [6.07, 6.45) is 30.6. The van der Waals surface area contributed by atoms with Gasteiger partial charge in [0, 0.05) is 6.42 Å². The quantitative estimate of drug-likeness (QED) is 0.227. The van der Waals surface area contributed by atoms with Gasteiger partial charge in [0.15, 0.2) is 0 Å². The number of hydrogen-bond acceptors (Lipinski definition) is 1. The summed E-state index contributed by atoms with van der Waals surface area (Å²) in [6, 6.07) is 8.67. The van der Waals surface area contributed by atoms with Gasteiger partial charge in [0.05, 0.1) is 6.04 Å². The third-order valence-electron chi connectivity index (χ3n) is 5.70. The van der Waals surface area contributed by atoms with E-state index >= 15 is 0 Å². The normalized spacial score (nSPS) is 16.2. The summed E-state index contributed by atoms with van der Waals surface area (Å²) in [6.45, 7) is 2.24. The van der Waals surface area contributed by atoms with E-state index < -0.39 is 0 Å². The van der Waals surface area contributed by atoms with Crippen LogP contribution in [0.25, 0.3) is 0 Å². The smallest absolute Gasteiger partial charge is 0.220 e. The van der Waals surface area contributed by atoms with Gasteiger partial charge >= 0.3 is 0 Å². The fraction of sp³-hybridized carbons (Fsp3) is 0.483. The van der Waals surface area contributed by atoms with Crippen LogP contribution in [0, 0.1) is 0 Å². The standard InChI is InChI=1S/C29H41NO/c1-2-3-4-5-6-7-8-9-10-11-12-13-14-15-16-17-18-23-29(31)30-28-25-24-26-21-19-20-22-27(26)28/h6-7,9-10,12-13,15-16,19-22,28H,2-5,8,11,14,17-18,23-25H2,1H3,(H,30,31)/b7-6-,10-9-,13-12-,16-15-. The van der Waals surface area contributed by atoms with Crippen LogP contribution in [0.5, 0.6) is 0 Å². The van der Waals surface area contributed by atoms with Crippen LogP contribution in [0.4, 0.5) is 0 Å². The number of allylic oxidation sites excluding steroid dienone is 8. The highest BCUT2D eigenvalue weighted by Crippen LogP contribution is 2.30. The van der Waals surface area contributed by atoms with Crippen LogP contribution in [0.15, 0.2) is 72.9 Å². The van der Waals surface area contributed by atoms with E-state index in [1.807, 2.05) is 0 Å². The van der Waals surface area contributed by atoms with E-state index in [9.17, 15) is 4.79 Å². The van der Waals surface area contributed by atoms with Crippen molar-refractivity contribution >= 4 is 5.91 Å². The molecule has 1 aromatic rings. The number of benzene rings is 1. The molecule has 1 N–H and O–H groups in total. The number of carbonyl (C=O) groups excluding carboxylic acids is 1. The summed E-state index contributed by atoms with van der Waals surface area (Å²) >= 11 is 0. The van der Waals surface area contributed by atoms with Crippen molar-refractivity contribution in [2.75, 3.05) is 0 Å². The highest BCUT2D eigenvalue weighted by molar-refractivity contribution is 5.76. The fourth-order valence-corrected chi connectivity index (χ4v) is 3.91. The average Bonchev–Trinajstić information content (AvgIpc) is 3.18. The van der Waals surface area contributed by atoms with Crippen molar-refractivity contribution < 1.29 is 4.79 Å². The zero-order chi connectivity index (χ0) is 22.0. The van der Waals surface area contributed by atoms with Crippen molar-refractivity contribution in [3.8, 4) is 0 Å². The van der Waals surface area contributed by atoms with Gasteiger partial charge in [-0.2, -0.15) is 0 Å². The van der Waals surface area contributed by atoms with Crippen LogP contribution in [0.1, 0.15) is 94.7 Å². The van der Waals surface area contributed by atoms with Crippen LogP contribution >= 0.6 is 0 Å². The molecule has 0 spiro atoms. The van der Waals surface area contributed by atoms with Gasteiger partial charge in [0.2, 0.25) is 5.91 Å². The molecule has 0 saturated carbocycles. The second-order valence-corrected chi connectivity index (χ2v) is 8.34. The molecule has 1 atom stereocenters. The number of carbonyl (C=O) groups is 1. The summed E-state index contributed by atoms with van der Waals surface area (Å²) in [7, 11) is 0. The van der Waals surface area contributed by atoms with Gasteiger partial charge < -0.3 is 5.32 Å². The van der Waals surface area contributed by atoms with E-state index in [4.69, 9.17) is 0 Å². The topological polar surface area (TPSA) is 29.1 Å². The molecule has 2 heteroatoms. The lowest BCUT2D eigenvalue weighted by Crippen LogP contribution is -2.26. The lowest BCUT2D eigenvalue weighted by Gasteiger charge is -2.13. The van der Waals surface area contributed by atoms with E-state index in [-0.39, 0.29) is 11.9 Å². The van der Waals surface area contributed by atoms with Crippen LogP contribution in [-0.2, 0) is 11.2 Å². The maximum absolute atomic E-state index is 12.2. The Morgan fingerprint density at radius 2 is 1.48 bits per heavy atom. The second-order valence-electron chi connectivity index (χ2n) is 8.34. The maximum atomic E-state index is 12.2. The SMILES string of the molecule is CCCCC/C=C\C/C=C\C/C=C\C/C=C\CCCC(=O)NC1CCc2ccccc21. The Morgan fingerprint density at radius 3 is 2.16 bits per heavy atom. The lowest BCUT2D eigenvalue weighted by atomic mass is 10.1. The molecule has 1 aliphatic rings. The Kier molecular flexibility index (Phi) is 13.1. The average molecular weight is 420 g/mol. The summed E-state index contributed by atoms with van der Waals surface area (Å²) in [4.78, 5) is 12.2. The Labute approximate surface area is 190 Å². The Balaban J connectivity index is 1.45. The third kappa shape index (κ3) is 11.0. The molecule has 168 valence electrons. The molecule has 31 heavy (non-hydrogen) atoms. The predicted octanol–water partition coefficient (Wildman–Crippen LogP) is 7.94. The first kappa shape index (κ1) is 24.9. The van der Waals surface area contributed by atoms with Crippen LogP contribution < -0.4 is 5.32 Å². The maximum Gasteiger partial charge on any atom is 0.220 e. The van der Waals surface area contributed by atoms with Gasteiger partial charge in [0.25, 0.3) is 0 Å². The molecule has 0 saturated heterocycles. The van der Waals surface area contributed by atoms with Gasteiger partial charge in [-0.3, -0.25) is 4.79 Å². The number of rotatable bonds is 15. The van der Waals surface area contributed by atoms with Gasteiger partial charge in [-0.25, -0.2) is 0 Å². The molecule has 1 aliphatic carbocycles. The summed E-state index contributed by atoms with van der Waals surface area (Å²) < 4.78 is 0. The van der Waals surface area contributed by atoms with Crippen molar-refractivity contribution in [2.24, 2.45) is 0 Å². The molecule has 1 amide bonds. The van der Waals surface area contributed by atoms with Crippen molar-refractivity contribution in [1.82, 2.24) is 5.32 Å². The number of hydrogen-bond donors (Lipinski definition) is 1. The van der Waals surface area contributed by atoms with Crippen LogP contribution in [0.3, 0.4) is 0 Å². The first-order valence-electron chi connectivity index (χ1n) is 12.3. The van der Waals surface area contributed by atoms with Crippen molar-refractivity contribution in [1.29, 1.82) is 0 Å². The molecule has 0 fully saturated rings. The molecule has 0 aliphatic heterocycles. The lowest BCUT2D eigenvalue weighted by molar-refractivity contribution is -0.121. The van der Waals surface area contributed by atoms with Crippen molar-refractivity contribution in [3.05, 3.63) is 84.0 Å². The fourth-order valence-electron chi connectivity index (χ4n) is 3.91. The third-order valence-corrected chi connectivity index (χ3v) is 5.70. The molecular formula is C29H41NO. The molecule has 1 aromatic carbocycles. The van der Waals surface area contributed by atoms with Crippen molar-refractivity contribution in [3.63, 3.8) is 0 Å². The minimum atomic E-state index is 0.178. The zero-order valence-corrected chi connectivity index (χ0v) is 19.4. The Hall–Kier alpha value is -2.35. The van der Waals surface area contributed by atoms with Crippen molar-refractivity contribution in [2.45, 2.75) is 90.0 Å². The van der Waals surface area contributed by atoms with E-state index in [0.717, 1.165) is 44.9 Å². The molecular weight excluding hydrogens is 378 g/mol. The molecule has 1 unspecified atom stereocenters. The Bertz CT molecular complexity index is 741. The zero-order valence-electron chi connectivity index (χ0n) is 19.4. The summed E-state index contributed by atoms with van der Waals surface area (Å²) in [5.74, 6) is 0.178.